The van der Waals surface area contributed by atoms with Crippen molar-refractivity contribution in [2.75, 3.05) is 13.2 Å². The number of aliphatic hydroxyl groups is 1. The fourth-order valence-corrected chi connectivity index (χ4v) is 5.81. The van der Waals surface area contributed by atoms with Crippen LogP contribution in [0.3, 0.4) is 0 Å². The molecule has 2 aromatic carbocycles. The Labute approximate surface area is 215 Å². The fourth-order valence-electron chi connectivity index (χ4n) is 5.39. The molecule has 7 nitrogen and oxygen atoms in total. The molecule has 1 aliphatic carbocycles. The Bertz CT molecular complexity index is 1300. The normalized spacial score (nSPS) is 22.1. The summed E-state index contributed by atoms with van der Waals surface area (Å²) < 4.78 is 17.4. The molecule has 1 fully saturated rings. The van der Waals surface area contributed by atoms with Crippen LogP contribution in [0.15, 0.2) is 41.0 Å². The first-order valence-electron chi connectivity index (χ1n) is 12.3. The SMILES string of the molecule is Cc1cc(Cl)c([C@@H](C)OCC(O)CNC(C)(C)Cc2ccc3occc3c2)c2c1O[C@@H]1[C@@H](C(=O)O)[C@H]21. The van der Waals surface area contributed by atoms with E-state index in [1.807, 2.05) is 32.0 Å². The predicted octanol–water partition coefficient (Wildman–Crippen LogP) is 5.00. The van der Waals surface area contributed by atoms with Crippen molar-refractivity contribution in [1.29, 1.82) is 0 Å². The Balaban J connectivity index is 1.18. The molecular weight excluding hydrogens is 482 g/mol. The van der Waals surface area contributed by atoms with Gasteiger partial charge in [0.2, 0.25) is 0 Å². The van der Waals surface area contributed by atoms with E-state index in [-0.39, 0.29) is 24.2 Å². The largest absolute Gasteiger partial charge is 0.488 e. The summed E-state index contributed by atoms with van der Waals surface area (Å²) in [7, 11) is 0. The molecule has 1 unspecified atom stereocenters. The molecule has 5 atom stereocenters. The highest BCUT2D eigenvalue weighted by atomic mass is 35.5. The number of aliphatic hydroxyl groups excluding tert-OH is 1. The quantitative estimate of drug-likeness (QED) is 0.350. The number of carbonyl (C=O) groups is 1. The lowest BCUT2D eigenvalue weighted by atomic mass is 9.94. The van der Waals surface area contributed by atoms with E-state index in [9.17, 15) is 15.0 Å². The van der Waals surface area contributed by atoms with Gasteiger partial charge in [-0.1, -0.05) is 17.7 Å². The fraction of sp³-hybridized carbons (Fsp3) is 0.464. The van der Waals surface area contributed by atoms with Crippen LogP contribution in [0.1, 0.15) is 55.0 Å². The van der Waals surface area contributed by atoms with Crippen LogP contribution in [0.4, 0.5) is 0 Å². The minimum Gasteiger partial charge on any atom is -0.488 e. The number of ether oxygens (including phenoxy) is 2. The molecule has 2 heterocycles. The molecule has 1 aromatic heterocycles. The topological polar surface area (TPSA) is 101 Å². The van der Waals surface area contributed by atoms with Crippen molar-refractivity contribution in [3.05, 3.63) is 63.9 Å². The van der Waals surface area contributed by atoms with E-state index in [4.69, 9.17) is 25.5 Å². The molecule has 1 saturated carbocycles. The van der Waals surface area contributed by atoms with Crippen LogP contribution >= 0.6 is 11.6 Å². The maximum atomic E-state index is 11.6. The number of furan rings is 1. The van der Waals surface area contributed by atoms with E-state index in [0.717, 1.165) is 39.8 Å². The average molecular weight is 514 g/mol. The van der Waals surface area contributed by atoms with Gasteiger partial charge in [-0.2, -0.15) is 0 Å². The number of nitrogens with one attached hydrogen (secondary N) is 1. The molecule has 192 valence electrons. The smallest absolute Gasteiger partial charge is 0.311 e. The highest BCUT2D eigenvalue weighted by Crippen LogP contribution is 2.62. The standard InChI is InChI=1S/C28H32ClNO6/c1-14-9-19(29)21(22-23-24(27(32)33)26(23)36-25(14)22)15(2)35-13-18(31)12-30-28(3,4)11-16-5-6-20-17(10-16)7-8-34-20/h5-10,15,18,23-24,26,30-31H,11-13H2,1-4H3,(H,32,33)/t15-,18?,23+,24+,26+/m1/s1. The number of aliphatic carboxylic acids is 1. The molecule has 3 aromatic rings. The summed E-state index contributed by atoms with van der Waals surface area (Å²) in [5.74, 6) is -0.895. The predicted molar refractivity (Wildman–Crippen MR) is 137 cm³/mol. The van der Waals surface area contributed by atoms with Crippen molar-refractivity contribution in [1.82, 2.24) is 5.32 Å². The van der Waals surface area contributed by atoms with Crippen LogP contribution in [0.5, 0.6) is 5.75 Å². The van der Waals surface area contributed by atoms with Crippen LogP contribution in [0, 0.1) is 12.8 Å². The third kappa shape index (κ3) is 4.73. The first-order chi connectivity index (χ1) is 17.1. The molecule has 5 rings (SSSR count). The van der Waals surface area contributed by atoms with Gasteiger partial charge in [-0.15, -0.1) is 0 Å². The third-order valence-electron chi connectivity index (χ3n) is 7.24. The zero-order chi connectivity index (χ0) is 25.8. The van der Waals surface area contributed by atoms with E-state index >= 15 is 0 Å². The number of carboxylic acids is 1. The molecule has 2 aliphatic rings. The third-order valence-corrected chi connectivity index (χ3v) is 7.56. The minimum absolute atomic E-state index is 0.113. The molecule has 1 aliphatic heterocycles. The van der Waals surface area contributed by atoms with Crippen molar-refractivity contribution in [3.8, 4) is 5.75 Å². The molecule has 3 N–H and O–H groups in total. The van der Waals surface area contributed by atoms with E-state index in [1.165, 1.54) is 5.56 Å². The van der Waals surface area contributed by atoms with E-state index < -0.39 is 24.1 Å². The van der Waals surface area contributed by atoms with Gasteiger partial charge < -0.3 is 29.4 Å². The summed E-state index contributed by atoms with van der Waals surface area (Å²) in [6.07, 6.45) is 0.988. The molecular formula is C28H32ClNO6. The van der Waals surface area contributed by atoms with Gasteiger partial charge in [0.25, 0.3) is 0 Å². The summed E-state index contributed by atoms with van der Waals surface area (Å²) in [4.78, 5) is 11.6. The van der Waals surface area contributed by atoms with Gasteiger partial charge in [0.1, 0.15) is 23.4 Å². The monoisotopic (exact) mass is 513 g/mol. The number of hydrogen-bond donors (Lipinski definition) is 3. The summed E-state index contributed by atoms with van der Waals surface area (Å²) >= 11 is 6.60. The zero-order valence-electron chi connectivity index (χ0n) is 20.9. The number of fused-ring (bicyclic) bond motifs is 4. The van der Waals surface area contributed by atoms with Gasteiger partial charge in [-0.3, -0.25) is 4.79 Å². The zero-order valence-corrected chi connectivity index (χ0v) is 21.6. The van der Waals surface area contributed by atoms with Crippen LogP contribution in [0.25, 0.3) is 11.0 Å². The average Bonchev–Trinajstić information content (AvgIpc) is 3.11. The van der Waals surface area contributed by atoms with Gasteiger partial charge in [0.15, 0.2) is 0 Å². The Morgan fingerprint density at radius 3 is 2.81 bits per heavy atom. The first-order valence-corrected chi connectivity index (χ1v) is 12.7. The van der Waals surface area contributed by atoms with Gasteiger partial charge in [-0.25, -0.2) is 0 Å². The Morgan fingerprint density at radius 2 is 2.06 bits per heavy atom. The van der Waals surface area contributed by atoms with Gasteiger partial charge in [0.05, 0.1) is 25.1 Å². The van der Waals surface area contributed by atoms with E-state index in [1.54, 1.807) is 6.26 Å². The van der Waals surface area contributed by atoms with Crippen LogP contribution in [-0.2, 0) is 16.0 Å². The number of benzene rings is 2. The maximum Gasteiger partial charge on any atom is 0.311 e. The summed E-state index contributed by atoms with van der Waals surface area (Å²) in [5.41, 5.74) is 4.30. The number of hydrogen-bond acceptors (Lipinski definition) is 6. The molecule has 36 heavy (non-hydrogen) atoms. The van der Waals surface area contributed by atoms with Crippen molar-refractivity contribution in [2.45, 2.75) is 63.9 Å². The summed E-state index contributed by atoms with van der Waals surface area (Å²) in [5, 5.41) is 25.2. The second-order valence-corrected chi connectivity index (χ2v) is 11.1. The number of rotatable bonds is 10. The van der Waals surface area contributed by atoms with Crippen LogP contribution in [0.2, 0.25) is 5.02 Å². The number of carboxylic acid groups (broad SMARTS) is 1. The number of β-amino-alcohol motifs (C(OH)–C–C–N with tert-alkyl or cyclic N) is 1. The van der Waals surface area contributed by atoms with Crippen molar-refractivity contribution in [2.24, 2.45) is 5.92 Å². The van der Waals surface area contributed by atoms with Crippen molar-refractivity contribution in [3.63, 3.8) is 0 Å². The van der Waals surface area contributed by atoms with E-state index in [0.29, 0.717) is 11.6 Å². The first kappa shape index (κ1) is 25.1. The number of halogens is 1. The lowest BCUT2D eigenvalue weighted by Crippen LogP contribution is -2.46. The van der Waals surface area contributed by atoms with Crippen LogP contribution < -0.4 is 10.1 Å². The Hall–Kier alpha value is -2.58. The van der Waals surface area contributed by atoms with Gasteiger partial charge in [0, 0.05) is 39.5 Å². The van der Waals surface area contributed by atoms with Crippen LogP contribution in [-0.4, -0.2) is 47.1 Å². The lowest BCUT2D eigenvalue weighted by Gasteiger charge is -2.28. The highest BCUT2D eigenvalue weighted by Gasteiger charge is 2.64. The Morgan fingerprint density at radius 1 is 1.28 bits per heavy atom. The second kappa shape index (κ2) is 9.38. The van der Waals surface area contributed by atoms with Crippen molar-refractivity contribution < 1.29 is 28.9 Å². The highest BCUT2D eigenvalue weighted by molar-refractivity contribution is 6.31. The Kier molecular flexibility index (Phi) is 6.53. The van der Waals surface area contributed by atoms with Crippen molar-refractivity contribution >= 4 is 28.5 Å². The van der Waals surface area contributed by atoms with Gasteiger partial charge in [-0.05, 0) is 69.5 Å². The molecule has 0 radical (unpaired) electrons. The summed E-state index contributed by atoms with van der Waals surface area (Å²) in [6, 6.07) is 9.94. The van der Waals surface area contributed by atoms with Gasteiger partial charge >= 0.3 is 5.97 Å². The number of aryl methyl sites for hydroxylation is 1. The lowest BCUT2D eigenvalue weighted by molar-refractivity contribution is -0.139. The molecule has 0 spiro atoms. The molecule has 0 bridgehead atoms. The minimum atomic E-state index is -0.860. The van der Waals surface area contributed by atoms with E-state index in [2.05, 4.69) is 31.3 Å². The molecule has 8 heteroatoms. The molecule has 0 amide bonds. The molecule has 0 saturated heterocycles. The maximum absolute atomic E-state index is 11.6. The summed E-state index contributed by atoms with van der Waals surface area (Å²) in [6.45, 7) is 8.46. The second-order valence-electron chi connectivity index (χ2n) is 10.7.